The number of morpholine rings is 1. The Hall–Kier alpha value is -1.48. The Morgan fingerprint density at radius 2 is 1.88 bits per heavy atom. The van der Waals surface area contributed by atoms with Gasteiger partial charge < -0.3 is 10.1 Å². The first kappa shape index (κ1) is 20.8. The molecule has 1 fully saturated rings. The molecular formula is C18H29N3O4S. The molecular weight excluding hydrogens is 354 g/mol. The van der Waals surface area contributed by atoms with Crippen LogP contribution < -0.4 is 5.32 Å². The highest BCUT2D eigenvalue weighted by molar-refractivity contribution is 7.89. The topological polar surface area (TPSA) is 79.0 Å². The number of ether oxygens (including phenoxy) is 1. The van der Waals surface area contributed by atoms with Gasteiger partial charge in [-0.2, -0.15) is 4.31 Å². The minimum absolute atomic E-state index is 0.151. The van der Waals surface area contributed by atoms with Crippen molar-refractivity contribution in [3.8, 4) is 0 Å². The number of carbonyl (C=O) groups excluding carboxylic acids is 1. The van der Waals surface area contributed by atoms with E-state index in [4.69, 9.17) is 4.74 Å². The van der Waals surface area contributed by atoms with Crippen molar-refractivity contribution in [1.29, 1.82) is 0 Å². The van der Waals surface area contributed by atoms with E-state index in [1.54, 1.807) is 25.1 Å². The van der Waals surface area contributed by atoms with Crippen LogP contribution in [0.15, 0.2) is 23.1 Å². The first-order valence-electron chi connectivity index (χ1n) is 9.04. The number of nitrogens with one attached hydrogen (secondary N) is 1. The highest BCUT2D eigenvalue weighted by Crippen LogP contribution is 2.24. The van der Waals surface area contributed by atoms with Gasteiger partial charge in [-0.1, -0.05) is 19.9 Å². The van der Waals surface area contributed by atoms with Crippen LogP contribution in [0.5, 0.6) is 0 Å². The van der Waals surface area contributed by atoms with Crippen molar-refractivity contribution < 1.29 is 17.9 Å². The number of benzene rings is 1. The smallest absolute Gasteiger partial charge is 0.243 e. The average molecular weight is 384 g/mol. The monoisotopic (exact) mass is 383 g/mol. The Bertz CT molecular complexity index is 726. The molecule has 0 bridgehead atoms. The zero-order valence-electron chi connectivity index (χ0n) is 16.0. The van der Waals surface area contributed by atoms with Crippen molar-refractivity contribution in [3.63, 3.8) is 0 Å². The largest absolute Gasteiger partial charge is 0.379 e. The fourth-order valence-electron chi connectivity index (χ4n) is 3.04. The summed E-state index contributed by atoms with van der Waals surface area (Å²) in [6.45, 7) is 10.7. The maximum absolute atomic E-state index is 12.8. The summed E-state index contributed by atoms with van der Waals surface area (Å²) < 4.78 is 32.4. The Balaban J connectivity index is 2.19. The van der Waals surface area contributed by atoms with E-state index >= 15 is 0 Å². The number of nitrogens with zero attached hydrogens (tertiary/aromatic N) is 2. The quantitative estimate of drug-likeness (QED) is 0.775. The second kappa shape index (κ2) is 8.94. The molecule has 26 heavy (non-hydrogen) atoms. The van der Waals surface area contributed by atoms with E-state index in [-0.39, 0.29) is 16.8 Å². The van der Waals surface area contributed by atoms with Gasteiger partial charge in [0.05, 0.1) is 24.2 Å². The van der Waals surface area contributed by atoms with Gasteiger partial charge in [-0.3, -0.25) is 9.69 Å². The minimum Gasteiger partial charge on any atom is -0.379 e. The summed E-state index contributed by atoms with van der Waals surface area (Å²) in [5.41, 5.74) is 1.16. The van der Waals surface area contributed by atoms with Gasteiger partial charge in [0.1, 0.15) is 0 Å². The van der Waals surface area contributed by atoms with E-state index in [0.717, 1.165) is 0 Å². The van der Waals surface area contributed by atoms with Gasteiger partial charge in [0.25, 0.3) is 0 Å². The van der Waals surface area contributed by atoms with E-state index in [1.807, 2.05) is 20.8 Å². The van der Waals surface area contributed by atoms with Crippen molar-refractivity contribution in [2.45, 2.75) is 38.6 Å². The predicted molar refractivity (Wildman–Crippen MR) is 102 cm³/mol. The molecule has 0 unspecified atom stereocenters. The highest BCUT2D eigenvalue weighted by atomic mass is 32.2. The lowest BCUT2D eigenvalue weighted by molar-refractivity contribution is -0.122. The standard InChI is InChI=1S/C18H29N3O4S/c1-5-21(6-2)26(23,24)17-13-16(8-7-14(17)3)19-18(22)15(4)20-9-11-25-12-10-20/h7-8,13,15H,5-6,9-12H2,1-4H3,(H,19,22)/t15-/m0/s1. The van der Waals surface area contributed by atoms with Gasteiger partial charge >= 0.3 is 0 Å². The molecule has 1 aliphatic heterocycles. The Kier molecular flexibility index (Phi) is 7.16. The van der Waals surface area contributed by atoms with E-state index in [1.165, 1.54) is 4.31 Å². The van der Waals surface area contributed by atoms with Crippen LogP contribution in [-0.2, 0) is 19.6 Å². The van der Waals surface area contributed by atoms with E-state index < -0.39 is 10.0 Å². The summed E-state index contributed by atoms with van der Waals surface area (Å²) in [6, 6.07) is 4.71. The lowest BCUT2D eigenvalue weighted by Gasteiger charge is -2.31. The lowest BCUT2D eigenvalue weighted by atomic mass is 10.2. The van der Waals surface area contributed by atoms with Crippen molar-refractivity contribution in [2.24, 2.45) is 0 Å². The first-order chi connectivity index (χ1) is 12.3. The summed E-state index contributed by atoms with van der Waals surface area (Å²) in [5, 5.41) is 2.85. The molecule has 0 aliphatic carbocycles. The van der Waals surface area contributed by atoms with Crippen LogP contribution in [0.2, 0.25) is 0 Å². The minimum atomic E-state index is -3.58. The molecule has 1 amide bonds. The molecule has 146 valence electrons. The van der Waals surface area contributed by atoms with Crippen LogP contribution in [-0.4, -0.2) is 69.0 Å². The first-order valence-corrected chi connectivity index (χ1v) is 10.5. The van der Waals surface area contributed by atoms with Crippen LogP contribution in [0.25, 0.3) is 0 Å². The van der Waals surface area contributed by atoms with Gasteiger partial charge in [-0.25, -0.2) is 8.42 Å². The van der Waals surface area contributed by atoms with Gasteiger partial charge in [0, 0.05) is 31.9 Å². The molecule has 8 heteroatoms. The number of amides is 1. The number of sulfonamides is 1. The fourth-order valence-corrected chi connectivity index (χ4v) is 4.74. The predicted octanol–water partition coefficient (Wildman–Crippen LogP) is 1.68. The molecule has 1 aliphatic rings. The summed E-state index contributed by atoms with van der Waals surface area (Å²) in [6.07, 6.45) is 0. The average Bonchev–Trinajstić information content (AvgIpc) is 2.64. The molecule has 0 saturated carbocycles. The zero-order chi connectivity index (χ0) is 19.3. The number of hydrogen-bond acceptors (Lipinski definition) is 5. The lowest BCUT2D eigenvalue weighted by Crippen LogP contribution is -2.47. The van der Waals surface area contributed by atoms with Crippen LogP contribution in [0.1, 0.15) is 26.3 Å². The van der Waals surface area contributed by atoms with Crippen LogP contribution in [0.3, 0.4) is 0 Å². The van der Waals surface area contributed by atoms with Crippen molar-refractivity contribution in [2.75, 3.05) is 44.7 Å². The van der Waals surface area contributed by atoms with E-state index in [2.05, 4.69) is 10.2 Å². The van der Waals surface area contributed by atoms with Crippen molar-refractivity contribution in [1.82, 2.24) is 9.21 Å². The molecule has 7 nitrogen and oxygen atoms in total. The maximum atomic E-state index is 12.8. The third-order valence-electron chi connectivity index (χ3n) is 4.75. The fraction of sp³-hybridized carbons (Fsp3) is 0.611. The van der Waals surface area contributed by atoms with Crippen LogP contribution in [0.4, 0.5) is 5.69 Å². The summed E-state index contributed by atoms with van der Waals surface area (Å²) in [7, 11) is -3.58. The number of anilines is 1. The summed E-state index contributed by atoms with van der Waals surface area (Å²) in [5.74, 6) is -0.151. The number of carbonyl (C=O) groups is 1. The van der Waals surface area contributed by atoms with E-state index in [9.17, 15) is 13.2 Å². The van der Waals surface area contributed by atoms with Gasteiger partial charge in [-0.05, 0) is 31.5 Å². The van der Waals surface area contributed by atoms with Crippen molar-refractivity contribution >= 4 is 21.6 Å². The molecule has 0 aromatic heterocycles. The molecule has 2 rings (SSSR count). The zero-order valence-corrected chi connectivity index (χ0v) is 16.8. The Labute approximate surface area is 156 Å². The molecule has 1 aromatic rings. The van der Waals surface area contributed by atoms with Gasteiger partial charge in [-0.15, -0.1) is 0 Å². The highest BCUT2D eigenvalue weighted by Gasteiger charge is 2.26. The third-order valence-corrected chi connectivity index (χ3v) is 6.94. The molecule has 1 atom stereocenters. The van der Waals surface area contributed by atoms with Gasteiger partial charge in [0.2, 0.25) is 15.9 Å². The normalized spacial score (nSPS) is 17.3. The SMILES string of the molecule is CCN(CC)S(=O)(=O)c1cc(NC(=O)[C@H](C)N2CCOCC2)ccc1C. The van der Waals surface area contributed by atoms with Crippen molar-refractivity contribution in [3.05, 3.63) is 23.8 Å². The van der Waals surface area contributed by atoms with E-state index in [0.29, 0.717) is 50.6 Å². The maximum Gasteiger partial charge on any atom is 0.243 e. The van der Waals surface area contributed by atoms with Crippen LogP contribution in [0, 0.1) is 6.92 Å². The molecule has 1 heterocycles. The Morgan fingerprint density at radius 1 is 1.27 bits per heavy atom. The second-order valence-electron chi connectivity index (χ2n) is 6.38. The van der Waals surface area contributed by atoms with Crippen LogP contribution >= 0.6 is 0 Å². The summed E-state index contributed by atoms with van der Waals surface area (Å²) >= 11 is 0. The molecule has 1 N–H and O–H groups in total. The third kappa shape index (κ3) is 4.62. The molecule has 1 aromatic carbocycles. The van der Waals surface area contributed by atoms with Gasteiger partial charge in [0.15, 0.2) is 0 Å². The molecule has 0 spiro atoms. The second-order valence-corrected chi connectivity index (χ2v) is 8.29. The Morgan fingerprint density at radius 3 is 2.46 bits per heavy atom. The summed E-state index contributed by atoms with van der Waals surface area (Å²) in [4.78, 5) is 14.8. The number of aryl methyl sites for hydroxylation is 1. The number of hydrogen-bond donors (Lipinski definition) is 1. The molecule has 0 radical (unpaired) electrons. The number of rotatable bonds is 7. The molecule has 1 saturated heterocycles.